The molecule has 0 radical (unpaired) electrons. The molecular formula is C10H8BrClN2. The predicted molar refractivity (Wildman–Crippen MR) is 63.6 cm³/mol. The van der Waals surface area contributed by atoms with Crippen molar-refractivity contribution in [2.24, 2.45) is 0 Å². The number of aryl methyl sites for hydroxylation is 1. The zero-order chi connectivity index (χ0) is 10.3. The largest absolute Gasteiger partial charge is 0.383 e. The summed E-state index contributed by atoms with van der Waals surface area (Å²) in [5.41, 5.74) is 7.51. The van der Waals surface area contributed by atoms with E-state index in [1.165, 1.54) is 0 Å². The molecule has 2 aromatic rings. The van der Waals surface area contributed by atoms with Crippen LogP contribution in [0.15, 0.2) is 22.7 Å². The van der Waals surface area contributed by atoms with Crippen molar-refractivity contribution in [2.75, 3.05) is 5.73 Å². The first-order valence-electron chi connectivity index (χ1n) is 4.10. The maximum atomic E-state index is 5.95. The fourth-order valence-electron chi connectivity index (χ4n) is 1.30. The van der Waals surface area contributed by atoms with Gasteiger partial charge < -0.3 is 5.73 Å². The van der Waals surface area contributed by atoms with Crippen molar-refractivity contribution in [1.82, 2.24) is 4.98 Å². The summed E-state index contributed by atoms with van der Waals surface area (Å²) in [5, 5.41) is 1.68. The average Bonchev–Trinajstić information content (AvgIpc) is 2.15. The summed E-state index contributed by atoms with van der Waals surface area (Å²) in [6.45, 7) is 1.93. The molecule has 1 aromatic heterocycles. The SMILES string of the molecule is Cc1cc2ccc(Cl)c(Br)c2nc1N. The number of aromatic nitrogens is 1. The molecule has 2 nitrogen and oxygen atoms in total. The van der Waals surface area contributed by atoms with E-state index in [0.29, 0.717) is 10.8 Å². The van der Waals surface area contributed by atoms with Crippen LogP contribution in [-0.4, -0.2) is 4.98 Å². The molecule has 4 heteroatoms. The smallest absolute Gasteiger partial charge is 0.127 e. The van der Waals surface area contributed by atoms with Crippen molar-refractivity contribution < 1.29 is 0 Å². The minimum absolute atomic E-state index is 0.542. The van der Waals surface area contributed by atoms with Crippen LogP contribution in [-0.2, 0) is 0 Å². The van der Waals surface area contributed by atoms with Crippen LogP contribution in [0.4, 0.5) is 5.82 Å². The second-order valence-corrected chi connectivity index (χ2v) is 4.32. The number of nitrogens with zero attached hydrogens (tertiary/aromatic N) is 1. The molecule has 0 saturated carbocycles. The monoisotopic (exact) mass is 270 g/mol. The molecular weight excluding hydrogens is 263 g/mol. The number of rotatable bonds is 0. The number of hydrogen-bond donors (Lipinski definition) is 1. The lowest BCUT2D eigenvalue weighted by molar-refractivity contribution is 1.34. The Labute approximate surface area is 95.2 Å². The molecule has 0 atom stereocenters. The lowest BCUT2D eigenvalue weighted by Gasteiger charge is -2.05. The van der Waals surface area contributed by atoms with Crippen LogP contribution >= 0.6 is 27.5 Å². The van der Waals surface area contributed by atoms with Gasteiger partial charge in [0.05, 0.1) is 15.0 Å². The van der Waals surface area contributed by atoms with E-state index in [9.17, 15) is 0 Å². The van der Waals surface area contributed by atoms with Gasteiger partial charge in [0.15, 0.2) is 0 Å². The highest BCUT2D eigenvalue weighted by Crippen LogP contribution is 2.31. The quantitative estimate of drug-likeness (QED) is 0.796. The molecule has 0 bridgehead atoms. The van der Waals surface area contributed by atoms with E-state index in [1.807, 2.05) is 25.1 Å². The fraction of sp³-hybridized carbons (Fsp3) is 0.100. The van der Waals surface area contributed by atoms with Crippen molar-refractivity contribution in [3.05, 3.63) is 33.3 Å². The Morgan fingerprint density at radius 1 is 1.43 bits per heavy atom. The Bertz CT molecular complexity index is 511. The number of hydrogen-bond acceptors (Lipinski definition) is 2. The molecule has 0 saturated heterocycles. The lowest BCUT2D eigenvalue weighted by atomic mass is 10.1. The highest BCUT2D eigenvalue weighted by Gasteiger charge is 2.06. The summed E-state index contributed by atoms with van der Waals surface area (Å²) >= 11 is 9.34. The van der Waals surface area contributed by atoms with Gasteiger partial charge in [-0.05, 0) is 40.5 Å². The van der Waals surface area contributed by atoms with E-state index in [4.69, 9.17) is 17.3 Å². The van der Waals surface area contributed by atoms with Crippen molar-refractivity contribution in [3.63, 3.8) is 0 Å². The minimum Gasteiger partial charge on any atom is -0.383 e. The summed E-state index contributed by atoms with van der Waals surface area (Å²) in [7, 11) is 0. The molecule has 0 aliphatic carbocycles. The Kier molecular flexibility index (Phi) is 2.37. The van der Waals surface area contributed by atoms with Gasteiger partial charge >= 0.3 is 0 Å². The van der Waals surface area contributed by atoms with Gasteiger partial charge in [0, 0.05) is 5.39 Å². The predicted octanol–water partition coefficient (Wildman–Crippen LogP) is 3.54. The van der Waals surface area contributed by atoms with E-state index >= 15 is 0 Å². The Balaban J connectivity index is 2.89. The molecule has 14 heavy (non-hydrogen) atoms. The summed E-state index contributed by atoms with van der Waals surface area (Å²) in [5.74, 6) is 0.542. The van der Waals surface area contributed by atoms with Crippen molar-refractivity contribution >= 4 is 44.3 Å². The molecule has 0 fully saturated rings. The van der Waals surface area contributed by atoms with E-state index in [0.717, 1.165) is 20.9 Å². The lowest BCUT2D eigenvalue weighted by Crippen LogP contribution is -1.94. The minimum atomic E-state index is 0.542. The van der Waals surface area contributed by atoms with Crippen LogP contribution in [0.1, 0.15) is 5.56 Å². The van der Waals surface area contributed by atoms with Crippen LogP contribution in [0.5, 0.6) is 0 Å². The number of fused-ring (bicyclic) bond motifs is 1. The highest BCUT2D eigenvalue weighted by molar-refractivity contribution is 9.10. The van der Waals surface area contributed by atoms with Gasteiger partial charge in [0.1, 0.15) is 5.82 Å². The molecule has 0 aliphatic heterocycles. The third-order valence-electron chi connectivity index (χ3n) is 2.11. The van der Waals surface area contributed by atoms with E-state index < -0.39 is 0 Å². The Morgan fingerprint density at radius 3 is 2.86 bits per heavy atom. The topological polar surface area (TPSA) is 38.9 Å². The van der Waals surface area contributed by atoms with Gasteiger partial charge in [-0.1, -0.05) is 17.7 Å². The summed E-state index contributed by atoms with van der Waals surface area (Å²) in [6, 6.07) is 5.77. The van der Waals surface area contributed by atoms with Crippen molar-refractivity contribution in [3.8, 4) is 0 Å². The van der Waals surface area contributed by atoms with Crippen LogP contribution in [0.25, 0.3) is 10.9 Å². The van der Waals surface area contributed by atoms with E-state index in [1.54, 1.807) is 0 Å². The molecule has 2 rings (SSSR count). The van der Waals surface area contributed by atoms with E-state index in [2.05, 4.69) is 20.9 Å². The van der Waals surface area contributed by atoms with Gasteiger partial charge in [-0.25, -0.2) is 4.98 Å². The van der Waals surface area contributed by atoms with Gasteiger partial charge in [-0.3, -0.25) is 0 Å². The van der Waals surface area contributed by atoms with Gasteiger partial charge in [-0.2, -0.15) is 0 Å². The van der Waals surface area contributed by atoms with E-state index in [-0.39, 0.29) is 0 Å². The second kappa shape index (κ2) is 3.41. The Hall–Kier alpha value is -0.800. The van der Waals surface area contributed by atoms with Crippen molar-refractivity contribution in [2.45, 2.75) is 6.92 Å². The number of nitrogen functional groups attached to an aromatic ring is 1. The molecule has 2 N–H and O–H groups in total. The first-order valence-corrected chi connectivity index (χ1v) is 5.27. The van der Waals surface area contributed by atoms with Crippen LogP contribution < -0.4 is 5.73 Å². The number of pyridine rings is 1. The van der Waals surface area contributed by atoms with Crippen LogP contribution in [0.3, 0.4) is 0 Å². The molecule has 0 unspecified atom stereocenters. The Morgan fingerprint density at radius 2 is 2.14 bits per heavy atom. The number of halogens is 2. The van der Waals surface area contributed by atoms with Crippen molar-refractivity contribution in [1.29, 1.82) is 0 Å². The molecule has 0 aliphatic rings. The van der Waals surface area contributed by atoms with Crippen LogP contribution in [0.2, 0.25) is 5.02 Å². The normalized spacial score (nSPS) is 10.8. The number of anilines is 1. The number of benzene rings is 1. The summed E-state index contributed by atoms with van der Waals surface area (Å²) < 4.78 is 0.795. The van der Waals surface area contributed by atoms with Gasteiger partial charge in [0.2, 0.25) is 0 Å². The molecule has 0 spiro atoms. The fourth-order valence-corrected chi connectivity index (χ4v) is 1.90. The standard InChI is InChI=1S/C10H8BrClN2/c1-5-4-6-2-3-7(12)8(11)9(6)14-10(5)13/h2-4H,1H3,(H2,13,14). The zero-order valence-electron chi connectivity index (χ0n) is 7.51. The van der Waals surface area contributed by atoms with Gasteiger partial charge in [0.25, 0.3) is 0 Å². The first kappa shape index (κ1) is 9.74. The summed E-state index contributed by atoms with van der Waals surface area (Å²) in [4.78, 5) is 4.28. The molecule has 72 valence electrons. The third-order valence-corrected chi connectivity index (χ3v) is 3.45. The molecule has 0 amide bonds. The van der Waals surface area contributed by atoms with Crippen LogP contribution in [0, 0.1) is 6.92 Å². The van der Waals surface area contributed by atoms with Gasteiger partial charge in [-0.15, -0.1) is 0 Å². The summed E-state index contributed by atoms with van der Waals surface area (Å²) in [6.07, 6.45) is 0. The second-order valence-electron chi connectivity index (χ2n) is 3.12. The number of nitrogens with two attached hydrogens (primary N) is 1. The maximum absolute atomic E-state index is 5.95. The molecule has 1 heterocycles. The first-order chi connectivity index (χ1) is 6.59. The third kappa shape index (κ3) is 1.47. The highest BCUT2D eigenvalue weighted by atomic mass is 79.9. The molecule has 1 aromatic carbocycles. The average molecular weight is 272 g/mol. The zero-order valence-corrected chi connectivity index (χ0v) is 9.85. The maximum Gasteiger partial charge on any atom is 0.127 e.